The van der Waals surface area contributed by atoms with Crippen LogP contribution in [0.1, 0.15) is 98.0 Å². The van der Waals surface area contributed by atoms with Gasteiger partial charge in [0.2, 0.25) is 0 Å². The monoisotopic (exact) mass is 303 g/mol. The Kier molecular flexibility index (Phi) is 7.59. The van der Waals surface area contributed by atoms with E-state index in [0.717, 1.165) is 0 Å². The molecule has 0 aliphatic rings. The van der Waals surface area contributed by atoms with Crippen molar-refractivity contribution in [2.24, 2.45) is 10.8 Å². The molecule has 1 rings (SSSR count). The Morgan fingerprint density at radius 1 is 0.909 bits per heavy atom. The molecule has 0 amide bonds. The Bertz CT molecular complexity index is 413. The summed E-state index contributed by atoms with van der Waals surface area (Å²) in [4.78, 5) is 4.23. The lowest BCUT2D eigenvalue weighted by molar-refractivity contribution is 0.139. The Balaban J connectivity index is 3.17. The third-order valence-corrected chi connectivity index (χ3v) is 5.98. The molecule has 0 spiro atoms. The first kappa shape index (κ1) is 19.2. The average molecular weight is 304 g/mol. The summed E-state index contributed by atoms with van der Waals surface area (Å²) in [5.41, 5.74) is 2.33. The summed E-state index contributed by atoms with van der Waals surface area (Å²) < 4.78 is 0. The van der Waals surface area contributed by atoms with Gasteiger partial charge in [-0.15, -0.1) is 0 Å². The molecule has 1 heteroatoms. The number of hydrogen-bond acceptors (Lipinski definition) is 1. The minimum atomic E-state index is 0.389. The van der Waals surface area contributed by atoms with Gasteiger partial charge in [0.05, 0.1) is 0 Å². The first-order chi connectivity index (χ1) is 10.4. The van der Waals surface area contributed by atoms with Crippen molar-refractivity contribution in [3.8, 4) is 0 Å². The summed E-state index contributed by atoms with van der Waals surface area (Å²) in [5.74, 6) is 0.636. The molecule has 22 heavy (non-hydrogen) atoms. The van der Waals surface area contributed by atoms with Gasteiger partial charge >= 0.3 is 0 Å². The largest absolute Gasteiger partial charge is 0.265 e. The normalized spacial score (nSPS) is 18.5. The Hall–Kier alpha value is -0.850. The molecule has 0 radical (unpaired) electrons. The van der Waals surface area contributed by atoms with Crippen LogP contribution in [0.2, 0.25) is 0 Å². The van der Waals surface area contributed by atoms with E-state index in [1.54, 1.807) is 0 Å². The van der Waals surface area contributed by atoms with Crippen molar-refractivity contribution in [3.63, 3.8) is 0 Å². The van der Waals surface area contributed by atoms with Crippen LogP contribution in [0, 0.1) is 10.8 Å². The molecule has 0 aliphatic carbocycles. The van der Waals surface area contributed by atoms with E-state index in [1.165, 1.54) is 50.5 Å². The van der Waals surface area contributed by atoms with Gasteiger partial charge in [-0.05, 0) is 53.7 Å². The number of aromatic nitrogens is 1. The molecule has 1 heterocycles. The van der Waals surface area contributed by atoms with E-state index < -0.39 is 0 Å². The van der Waals surface area contributed by atoms with Crippen LogP contribution < -0.4 is 0 Å². The van der Waals surface area contributed by atoms with Gasteiger partial charge in [0.1, 0.15) is 0 Å². The zero-order chi connectivity index (χ0) is 16.6. The van der Waals surface area contributed by atoms with Crippen LogP contribution in [0.4, 0.5) is 0 Å². The van der Waals surface area contributed by atoms with E-state index in [-0.39, 0.29) is 0 Å². The maximum atomic E-state index is 4.23. The fourth-order valence-corrected chi connectivity index (χ4v) is 4.05. The second kappa shape index (κ2) is 8.70. The maximum Gasteiger partial charge on any atom is 0.0270 e. The van der Waals surface area contributed by atoms with Crippen molar-refractivity contribution in [2.45, 2.75) is 92.4 Å². The van der Waals surface area contributed by atoms with Crippen LogP contribution in [-0.4, -0.2) is 4.98 Å². The van der Waals surface area contributed by atoms with E-state index in [2.05, 4.69) is 58.7 Å². The van der Waals surface area contributed by atoms with Gasteiger partial charge in [0, 0.05) is 12.4 Å². The summed E-state index contributed by atoms with van der Waals surface area (Å²) in [7, 11) is 0. The quantitative estimate of drug-likeness (QED) is 0.454. The Morgan fingerprint density at radius 2 is 1.50 bits per heavy atom. The summed E-state index contributed by atoms with van der Waals surface area (Å²) in [6.45, 7) is 14.4. The van der Waals surface area contributed by atoms with Crippen LogP contribution in [-0.2, 0) is 0 Å². The van der Waals surface area contributed by atoms with Crippen LogP contribution in [0.3, 0.4) is 0 Å². The topological polar surface area (TPSA) is 12.9 Å². The molecule has 0 aromatic carbocycles. The van der Waals surface area contributed by atoms with Crippen LogP contribution in [0.25, 0.3) is 0 Å². The van der Waals surface area contributed by atoms with Crippen LogP contribution in [0.5, 0.6) is 0 Å². The van der Waals surface area contributed by atoms with E-state index in [9.17, 15) is 0 Å². The Labute approximate surface area is 138 Å². The molecule has 0 N–H and O–H groups in total. The zero-order valence-electron chi connectivity index (χ0n) is 15.8. The van der Waals surface area contributed by atoms with Crippen molar-refractivity contribution >= 4 is 0 Å². The molecule has 126 valence electrons. The predicted octanol–water partition coefficient (Wildman–Crippen LogP) is 6.99. The molecule has 1 aromatic heterocycles. The van der Waals surface area contributed by atoms with Crippen molar-refractivity contribution in [3.05, 3.63) is 30.1 Å². The number of nitrogens with zero attached hydrogens (tertiary/aromatic N) is 1. The van der Waals surface area contributed by atoms with Gasteiger partial charge in [-0.25, -0.2) is 0 Å². The molecular formula is C21H37N. The van der Waals surface area contributed by atoms with Gasteiger partial charge in [-0.3, -0.25) is 4.98 Å². The van der Waals surface area contributed by atoms with E-state index in [1.807, 2.05) is 12.4 Å². The van der Waals surface area contributed by atoms with Gasteiger partial charge in [-0.2, -0.15) is 0 Å². The van der Waals surface area contributed by atoms with Gasteiger partial charge in [0.15, 0.2) is 0 Å². The fourth-order valence-electron chi connectivity index (χ4n) is 4.05. The highest BCUT2D eigenvalue weighted by atomic mass is 14.6. The highest BCUT2D eigenvalue weighted by Crippen LogP contribution is 2.50. The molecule has 0 saturated carbocycles. The molecule has 0 bridgehead atoms. The van der Waals surface area contributed by atoms with Crippen molar-refractivity contribution in [1.29, 1.82) is 0 Å². The zero-order valence-corrected chi connectivity index (χ0v) is 15.8. The lowest BCUT2D eigenvalue weighted by Crippen LogP contribution is -2.30. The number of pyridine rings is 1. The highest BCUT2D eigenvalue weighted by molar-refractivity contribution is 5.19. The minimum Gasteiger partial charge on any atom is -0.265 e. The minimum absolute atomic E-state index is 0.389. The second-order valence-electron chi connectivity index (χ2n) is 7.71. The summed E-state index contributed by atoms with van der Waals surface area (Å²) in [6.07, 6.45) is 12.9. The standard InChI is InChI=1S/C21H37N/c1-7-13-20(5,9-3)17-19(18-11-15-22-16-12-18)21(6,10-4)14-8-2/h11-12,15-16,19H,7-10,13-14,17H2,1-6H3. The van der Waals surface area contributed by atoms with Crippen molar-refractivity contribution in [2.75, 3.05) is 0 Å². The third kappa shape index (κ3) is 4.83. The first-order valence-corrected chi connectivity index (χ1v) is 9.34. The van der Waals surface area contributed by atoms with Gasteiger partial charge in [-0.1, -0.05) is 67.2 Å². The molecule has 0 saturated heterocycles. The number of hydrogen-bond donors (Lipinski definition) is 0. The van der Waals surface area contributed by atoms with Gasteiger partial charge < -0.3 is 0 Å². The first-order valence-electron chi connectivity index (χ1n) is 9.34. The third-order valence-electron chi connectivity index (χ3n) is 5.98. The lowest BCUT2D eigenvalue weighted by Gasteiger charge is -2.43. The van der Waals surface area contributed by atoms with Crippen molar-refractivity contribution < 1.29 is 0 Å². The number of rotatable bonds is 10. The fraction of sp³-hybridized carbons (Fsp3) is 0.762. The van der Waals surface area contributed by atoms with Crippen molar-refractivity contribution in [1.82, 2.24) is 4.98 Å². The van der Waals surface area contributed by atoms with Crippen LogP contribution >= 0.6 is 0 Å². The van der Waals surface area contributed by atoms with E-state index in [0.29, 0.717) is 16.7 Å². The molecule has 1 aromatic rings. The van der Waals surface area contributed by atoms with Gasteiger partial charge in [0.25, 0.3) is 0 Å². The van der Waals surface area contributed by atoms with Crippen LogP contribution in [0.15, 0.2) is 24.5 Å². The predicted molar refractivity (Wildman–Crippen MR) is 98.2 cm³/mol. The molecule has 0 fully saturated rings. The summed E-state index contributed by atoms with van der Waals surface area (Å²) in [6, 6.07) is 4.49. The molecule has 1 nitrogen and oxygen atoms in total. The average Bonchev–Trinajstić information content (AvgIpc) is 2.54. The molecular weight excluding hydrogens is 266 g/mol. The smallest absolute Gasteiger partial charge is 0.0270 e. The SMILES string of the molecule is CCCC(C)(CC)CC(c1ccncc1)C(C)(CC)CCC. The molecule has 3 atom stereocenters. The lowest BCUT2D eigenvalue weighted by atomic mass is 9.62. The second-order valence-corrected chi connectivity index (χ2v) is 7.71. The molecule has 0 aliphatic heterocycles. The summed E-state index contributed by atoms with van der Waals surface area (Å²) >= 11 is 0. The molecule has 3 unspecified atom stereocenters. The maximum absolute atomic E-state index is 4.23. The van der Waals surface area contributed by atoms with E-state index >= 15 is 0 Å². The Morgan fingerprint density at radius 3 is 1.95 bits per heavy atom. The van der Waals surface area contributed by atoms with E-state index in [4.69, 9.17) is 0 Å². The summed E-state index contributed by atoms with van der Waals surface area (Å²) in [5, 5.41) is 0. The highest BCUT2D eigenvalue weighted by Gasteiger charge is 2.37.